The van der Waals surface area contributed by atoms with Gasteiger partial charge in [-0.25, -0.2) is 19.4 Å². The largest absolute Gasteiger partial charge is 0.465 e. The van der Waals surface area contributed by atoms with Gasteiger partial charge in [-0.1, -0.05) is 12.1 Å². The van der Waals surface area contributed by atoms with Gasteiger partial charge < -0.3 is 4.74 Å². The highest BCUT2D eigenvalue weighted by Gasteiger charge is 2.09. The minimum Gasteiger partial charge on any atom is -0.465 e. The van der Waals surface area contributed by atoms with Crippen molar-refractivity contribution in [1.82, 2.24) is 19.7 Å². The number of carbonyl (C=O) groups is 1. The number of hydrogen-bond acceptors (Lipinski definition) is 7. The highest BCUT2D eigenvalue weighted by molar-refractivity contribution is 7.13. The van der Waals surface area contributed by atoms with E-state index in [0.29, 0.717) is 12.1 Å². The number of esters is 1. The van der Waals surface area contributed by atoms with Gasteiger partial charge in [-0.3, -0.25) is 0 Å². The molecule has 0 bridgehead atoms. The molecule has 0 saturated heterocycles. The van der Waals surface area contributed by atoms with E-state index in [-0.39, 0.29) is 11.8 Å². The molecule has 0 N–H and O–H groups in total. The lowest BCUT2D eigenvalue weighted by Gasteiger charge is -2.00. The van der Waals surface area contributed by atoms with E-state index in [4.69, 9.17) is 5.26 Å². The summed E-state index contributed by atoms with van der Waals surface area (Å²) >= 11 is 1.50. The van der Waals surface area contributed by atoms with Crippen molar-refractivity contribution in [1.29, 1.82) is 5.26 Å². The van der Waals surface area contributed by atoms with E-state index in [1.165, 1.54) is 24.8 Å². The van der Waals surface area contributed by atoms with Gasteiger partial charge in [-0.2, -0.15) is 5.26 Å². The third-order valence-electron chi connectivity index (χ3n) is 3.07. The summed E-state index contributed by atoms with van der Waals surface area (Å²) in [6, 6.07) is 8.96. The van der Waals surface area contributed by atoms with Crippen LogP contribution in [0.3, 0.4) is 0 Å². The zero-order chi connectivity index (χ0) is 16.2. The number of rotatable bonds is 4. The number of thiazole rings is 1. The minimum atomic E-state index is -0.365. The summed E-state index contributed by atoms with van der Waals surface area (Å²) in [5.74, 6) is -0.227. The summed E-state index contributed by atoms with van der Waals surface area (Å²) in [7, 11) is 1.35. The average Bonchev–Trinajstić information content (AvgIpc) is 3.24. The molecule has 1 aromatic carbocycles. The summed E-state index contributed by atoms with van der Waals surface area (Å²) in [5.41, 5.74) is 2.25. The first-order valence-electron chi connectivity index (χ1n) is 6.62. The van der Waals surface area contributed by atoms with E-state index in [1.54, 1.807) is 16.8 Å². The van der Waals surface area contributed by atoms with Crippen LogP contribution in [0.15, 0.2) is 36.0 Å². The Bertz CT molecular complexity index is 876. The second-order valence-corrected chi connectivity index (χ2v) is 5.45. The van der Waals surface area contributed by atoms with Crippen LogP contribution in [0.4, 0.5) is 0 Å². The molecular weight excluding hydrogens is 314 g/mol. The maximum Gasteiger partial charge on any atom is 0.337 e. The molecule has 0 amide bonds. The molecule has 2 aromatic heterocycles. The number of nitriles is 1. The van der Waals surface area contributed by atoms with E-state index < -0.39 is 0 Å². The van der Waals surface area contributed by atoms with E-state index >= 15 is 0 Å². The van der Waals surface area contributed by atoms with E-state index in [0.717, 1.165) is 16.3 Å². The van der Waals surface area contributed by atoms with Crippen molar-refractivity contribution in [3.8, 4) is 16.6 Å². The van der Waals surface area contributed by atoms with Crippen molar-refractivity contribution in [2.45, 2.75) is 6.54 Å². The second-order valence-electron chi connectivity index (χ2n) is 4.59. The summed E-state index contributed by atoms with van der Waals surface area (Å²) < 4.78 is 6.24. The van der Waals surface area contributed by atoms with Crippen LogP contribution in [0, 0.1) is 11.3 Å². The molecule has 0 spiro atoms. The highest BCUT2D eigenvalue weighted by atomic mass is 32.1. The van der Waals surface area contributed by atoms with Gasteiger partial charge >= 0.3 is 5.97 Å². The number of benzene rings is 1. The lowest BCUT2D eigenvalue weighted by atomic mass is 10.1. The van der Waals surface area contributed by atoms with E-state index in [9.17, 15) is 4.79 Å². The molecule has 3 aromatic rings. The van der Waals surface area contributed by atoms with Crippen LogP contribution in [-0.4, -0.2) is 32.8 Å². The molecule has 0 saturated carbocycles. The first-order chi connectivity index (χ1) is 11.2. The fraction of sp³-hybridized carbons (Fsp3) is 0.133. The molecular formula is C15H11N5O2S. The van der Waals surface area contributed by atoms with Crippen LogP contribution in [0.25, 0.3) is 10.6 Å². The van der Waals surface area contributed by atoms with Crippen molar-refractivity contribution in [2.24, 2.45) is 0 Å². The molecule has 23 heavy (non-hydrogen) atoms. The summed E-state index contributed by atoms with van der Waals surface area (Å²) in [5, 5.41) is 15.5. The first kappa shape index (κ1) is 14.9. The minimum absolute atomic E-state index is 0.138. The number of methoxy groups -OCH3 is 1. The fourth-order valence-corrected chi connectivity index (χ4v) is 2.78. The fourth-order valence-electron chi connectivity index (χ4n) is 1.97. The summed E-state index contributed by atoms with van der Waals surface area (Å²) in [4.78, 5) is 19.8. The number of nitrogens with zero attached hydrogens (tertiary/aromatic N) is 5. The van der Waals surface area contributed by atoms with Gasteiger partial charge in [0.15, 0.2) is 0 Å². The highest BCUT2D eigenvalue weighted by Crippen LogP contribution is 2.24. The molecule has 0 fully saturated rings. The number of aromatic nitrogens is 4. The molecule has 0 aliphatic carbocycles. The molecule has 2 heterocycles. The van der Waals surface area contributed by atoms with Gasteiger partial charge in [0.25, 0.3) is 5.82 Å². The van der Waals surface area contributed by atoms with Gasteiger partial charge in [-0.15, -0.1) is 16.4 Å². The zero-order valence-corrected chi connectivity index (χ0v) is 12.9. The van der Waals surface area contributed by atoms with Crippen LogP contribution in [0.2, 0.25) is 0 Å². The smallest absolute Gasteiger partial charge is 0.337 e. The average molecular weight is 325 g/mol. The Balaban J connectivity index is 1.76. The molecule has 7 nitrogen and oxygen atoms in total. The van der Waals surface area contributed by atoms with Gasteiger partial charge in [0.05, 0.1) is 24.9 Å². The zero-order valence-electron chi connectivity index (χ0n) is 12.1. The standard InChI is InChI=1S/C15H11N5O2S/c1-22-15(21)11-4-2-10(3-5-11)14-18-12(8-23-14)7-20-9-17-13(6-16)19-20/h2-5,8-9H,7H2,1H3. The summed E-state index contributed by atoms with van der Waals surface area (Å²) in [6.45, 7) is 0.450. The van der Waals surface area contributed by atoms with Crippen LogP contribution < -0.4 is 0 Å². The van der Waals surface area contributed by atoms with Gasteiger partial charge in [0.2, 0.25) is 0 Å². The lowest BCUT2D eigenvalue weighted by Crippen LogP contribution is -2.01. The Kier molecular flexibility index (Phi) is 4.12. The quantitative estimate of drug-likeness (QED) is 0.682. The Labute approximate surface area is 135 Å². The van der Waals surface area contributed by atoms with Crippen LogP contribution >= 0.6 is 11.3 Å². The second kappa shape index (κ2) is 6.37. The molecule has 3 rings (SSSR count). The Hall–Kier alpha value is -3.05. The molecule has 0 aliphatic heterocycles. The van der Waals surface area contributed by atoms with Crippen LogP contribution in [0.1, 0.15) is 21.9 Å². The van der Waals surface area contributed by atoms with Crippen molar-refractivity contribution >= 4 is 17.3 Å². The number of hydrogen-bond donors (Lipinski definition) is 0. The maximum atomic E-state index is 11.4. The van der Waals surface area contributed by atoms with Gasteiger partial charge in [0.1, 0.15) is 17.4 Å². The number of ether oxygens (including phenoxy) is 1. The molecule has 0 aliphatic rings. The Morgan fingerprint density at radius 3 is 2.83 bits per heavy atom. The Morgan fingerprint density at radius 2 is 2.17 bits per heavy atom. The predicted molar refractivity (Wildman–Crippen MR) is 82.7 cm³/mol. The number of carbonyl (C=O) groups excluding carboxylic acids is 1. The van der Waals surface area contributed by atoms with Crippen molar-refractivity contribution in [3.63, 3.8) is 0 Å². The molecule has 0 radical (unpaired) electrons. The van der Waals surface area contributed by atoms with Crippen molar-refractivity contribution in [2.75, 3.05) is 7.11 Å². The molecule has 0 atom stereocenters. The topological polar surface area (TPSA) is 93.7 Å². The predicted octanol–water partition coefficient (Wildman–Crippen LogP) is 2.11. The Morgan fingerprint density at radius 1 is 1.39 bits per heavy atom. The lowest BCUT2D eigenvalue weighted by molar-refractivity contribution is 0.0601. The summed E-state index contributed by atoms with van der Waals surface area (Å²) in [6.07, 6.45) is 1.50. The van der Waals surface area contributed by atoms with Crippen molar-refractivity contribution in [3.05, 3.63) is 53.1 Å². The van der Waals surface area contributed by atoms with Crippen molar-refractivity contribution < 1.29 is 9.53 Å². The maximum absolute atomic E-state index is 11.4. The molecule has 114 valence electrons. The normalized spacial score (nSPS) is 10.3. The third kappa shape index (κ3) is 3.25. The van der Waals surface area contributed by atoms with Gasteiger partial charge in [-0.05, 0) is 12.1 Å². The monoisotopic (exact) mass is 325 g/mol. The first-order valence-corrected chi connectivity index (χ1v) is 7.50. The van der Waals surface area contributed by atoms with E-state index in [1.807, 2.05) is 23.6 Å². The molecule has 8 heteroatoms. The SMILES string of the molecule is COC(=O)c1ccc(-c2nc(Cn3cnc(C#N)n3)cs2)cc1. The van der Waals surface area contributed by atoms with Crippen LogP contribution in [-0.2, 0) is 11.3 Å². The van der Waals surface area contributed by atoms with E-state index in [2.05, 4.69) is 19.8 Å². The van der Waals surface area contributed by atoms with Crippen LogP contribution in [0.5, 0.6) is 0 Å². The van der Waals surface area contributed by atoms with Gasteiger partial charge in [0, 0.05) is 10.9 Å². The molecule has 0 unspecified atom stereocenters. The third-order valence-corrected chi connectivity index (χ3v) is 4.01.